The van der Waals surface area contributed by atoms with Gasteiger partial charge < -0.3 is 0 Å². The zero-order chi connectivity index (χ0) is 4.41. The molecular weight excluding hydrogens is 72.9 g/mol. The Kier molecular flexibility index (Phi) is 0.786. The van der Waals surface area contributed by atoms with Crippen LogP contribution in [-0.2, 0) is 7.05 Å². The molecule has 0 unspecified atom stereocenters. The van der Waals surface area contributed by atoms with Crippen LogP contribution in [0.15, 0.2) is 18.2 Å². The number of hydrogen-bond donors (Lipinski definition) is 0. The van der Waals surface area contributed by atoms with E-state index in [9.17, 15) is 0 Å². The Hall–Kier alpha value is -0.525. The van der Waals surface area contributed by atoms with Crippen LogP contribution in [0, 0.1) is 0 Å². The number of rotatable bonds is 0. The molecule has 0 spiro atoms. The van der Waals surface area contributed by atoms with Crippen LogP contribution in [0.25, 0.3) is 0 Å². The van der Waals surface area contributed by atoms with Crippen molar-refractivity contribution >= 4 is 7.05 Å². The van der Waals surface area contributed by atoms with Gasteiger partial charge in [-0.15, -0.1) is 0 Å². The van der Waals surface area contributed by atoms with Crippen LogP contribution in [0.4, 0.5) is 0 Å². The standard InChI is InChI=1S/C4H6BN/c1-6-4-2-3-5-6/h2-4H,1H3. The monoisotopic (exact) mass is 79.1 g/mol. The molecular formula is C4H6BN. The summed E-state index contributed by atoms with van der Waals surface area (Å²) >= 11 is 0. The van der Waals surface area contributed by atoms with E-state index < -0.39 is 0 Å². The third kappa shape index (κ3) is 0.508. The summed E-state index contributed by atoms with van der Waals surface area (Å²) in [6, 6.07) is 2.00. The van der Waals surface area contributed by atoms with E-state index in [2.05, 4.69) is 0 Å². The molecule has 0 fully saturated rings. The van der Waals surface area contributed by atoms with Crippen molar-refractivity contribution in [3.05, 3.63) is 18.2 Å². The van der Waals surface area contributed by atoms with Crippen molar-refractivity contribution < 1.29 is 0 Å². The van der Waals surface area contributed by atoms with Crippen LogP contribution >= 0.6 is 0 Å². The maximum atomic E-state index is 2.00. The van der Waals surface area contributed by atoms with Gasteiger partial charge in [0.25, 0.3) is 0 Å². The molecule has 1 heterocycles. The van der Waals surface area contributed by atoms with Crippen LogP contribution < -0.4 is 0 Å². The van der Waals surface area contributed by atoms with E-state index in [0.717, 1.165) is 0 Å². The summed E-state index contributed by atoms with van der Waals surface area (Å²) in [6.45, 7) is 0. The van der Waals surface area contributed by atoms with Crippen molar-refractivity contribution in [1.82, 2.24) is 4.47 Å². The van der Waals surface area contributed by atoms with Gasteiger partial charge in [0.15, 0.2) is 0 Å². The van der Waals surface area contributed by atoms with E-state index in [1.54, 1.807) is 0 Å². The van der Waals surface area contributed by atoms with E-state index in [1.807, 2.05) is 36.8 Å². The molecule has 0 saturated carbocycles. The Labute approximate surface area is 37.8 Å². The Morgan fingerprint density at radius 1 is 1.67 bits per heavy atom. The van der Waals surface area contributed by atoms with Crippen molar-refractivity contribution in [2.75, 3.05) is 0 Å². The molecule has 1 aromatic rings. The summed E-state index contributed by atoms with van der Waals surface area (Å²) < 4.78 is 2.00. The van der Waals surface area contributed by atoms with Gasteiger partial charge in [0.2, 0.25) is 0 Å². The first-order valence-corrected chi connectivity index (χ1v) is 1.96. The SMILES string of the molecule is Cn1bccc1. The Bertz CT molecular complexity index is 111. The van der Waals surface area contributed by atoms with Crippen molar-refractivity contribution in [2.24, 2.45) is 7.05 Å². The van der Waals surface area contributed by atoms with Gasteiger partial charge in [-0.05, 0) is 0 Å². The average molecular weight is 78.9 g/mol. The molecule has 0 aliphatic heterocycles. The summed E-state index contributed by atoms with van der Waals surface area (Å²) in [5, 5.41) is 0. The van der Waals surface area contributed by atoms with Gasteiger partial charge in [0.1, 0.15) is 0 Å². The Balaban J connectivity index is 3.05. The van der Waals surface area contributed by atoms with Crippen LogP contribution in [0.5, 0.6) is 0 Å². The number of aromatic nitrogens is 1. The van der Waals surface area contributed by atoms with Crippen LogP contribution in [0.2, 0.25) is 0 Å². The van der Waals surface area contributed by atoms with Crippen LogP contribution in [-0.4, -0.2) is 11.5 Å². The summed E-state index contributed by atoms with van der Waals surface area (Å²) in [6.07, 6.45) is 2.00. The number of hydrogen-bond acceptors (Lipinski definition) is 0. The van der Waals surface area contributed by atoms with Crippen molar-refractivity contribution in [2.45, 2.75) is 0 Å². The van der Waals surface area contributed by atoms with Gasteiger partial charge in [-0.2, -0.15) is 0 Å². The second kappa shape index (κ2) is 1.29. The van der Waals surface area contributed by atoms with Gasteiger partial charge in [-0.25, -0.2) is 0 Å². The topological polar surface area (TPSA) is 4.93 Å². The fourth-order valence-electron chi connectivity index (χ4n) is 0.421. The molecule has 0 aliphatic rings. The normalized spacial score (nSPS) is 8.17. The minimum absolute atomic E-state index is 2.00. The molecule has 0 saturated heterocycles. The zero-order valence-corrected chi connectivity index (χ0v) is 3.76. The first-order chi connectivity index (χ1) is 2.89. The van der Waals surface area contributed by atoms with E-state index >= 15 is 0 Å². The van der Waals surface area contributed by atoms with E-state index in [4.69, 9.17) is 0 Å². The summed E-state index contributed by atoms with van der Waals surface area (Å²) in [5.41, 5.74) is 0. The first kappa shape index (κ1) is 3.66. The van der Waals surface area contributed by atoms with E-state index in [0.29, 0.717) is 0 Å². The van der Waals surface area contributed by atoms with Gasteiger partial charge in [0.05, 0.1) is 0 Å². The predicted octanol–water partition coefficient (Wildman–Crippen LogP) is 0.363. The summed E-state index contributed by atoms with van der Waals surface area (Å²) in [5.74, 6) is 2.00. The Morgan fingerprint density at radius 3 is 2.67 bits per heavy atom. The predicted molar refractivity (Wildman–Crippen MR) is 26.8 cm³/mol. The summed E-state index contributed by atoms with van der Waals surface area (Å²) in [4.78, 5) is 0. The third-order valence-corrected chi connectivity index (χ3v) is 0.754. The first-order valence-electron chi connectivity index (χ1n) is 1.96. The molecule has 6 heavy (non-hydrogen) atoms. The van der Waals surface area contributed by atoms with Crippen LogP contribution in [0.3, 0.4) is 0 Å². The second-order valence-electron chi connectivity index (χ2n) is 1.35. The minimum atomic E-state index is 2.00. The fraction of sp³-hybridized carbons (Fsp3) is 0.250. The molecule has 0 atom stereocenters. The van der Waals surface area contributed by atoms with E-state index in [1.165, 1.54) is 0 Å². The summed E-state index contributed by atoms with van der Waals surface area (Å²) in [7, 11) is 4.00. The third-order valence-electron chi connectivity index (χ3n) is 0.754. The van der Waals surface area contributed by atoms with Crippen molar-refractivity contribution in [3.63, 3.8) is 0 Å². The maximum absolute atomic E-state index is 2.00. The van der Waals surface area contributed by atoms with Gasteiger partial charge in [-0.3, -0.25) is 0 Å². The molecule has 1 rings (SSSR count). The van der Waals surface area contributed by atoms with Gasteiger partial charge >= 0.3 is 36.8 Å². The Morgan fingerprint density at radius 2 is 2.50 bits per heavy atom. The van der Waals surface area contributed by atoms with Gasteiger partial charge in [-0.1, -0.05) is 0 Å². The molecule has 1 nitrogen and oxygen atoms in total. The molecule has 30 valence electrons. The zero-order valence-electron chi connectivity index (χ0n) is 3.76. The molecule has 0 radical (unpaired) electrons. The fourth-order valence-corrected chi connectivity index (χ4v) is 0.421. The molecule has 1 aromatic heterocycles. The quantitative estimate of drug-likeness (QED) is 0.423. The molecule has 0 amide bonds. The van der Waals surface area contributed by atoms with E-state index in [-0.39, 0.29) is 0 Å². The van der Waals surface area contributed by atoms with Crippen molar-refractivity contribution in [1.29, 1.82) is 0 Å². The molecule has 2 heteroatoms. The average Bonchev–Trinajstić information content (AvgIpc) is 1.86. The molecule has 0 aromatic carbocycles. The number of nitrogens with zero attached hydrogens (tertiary/aromatic N) is 1. The van der Waals surface area contributed by atoms with Crippen molar-refractivity contribution in [3.8, 4) is 0 Å². The second-order valence-corrected chi connectivity index (χ2v) is 1.35. The molecule has 0 aliphatic carbocycles. The molecule has 0 N–H and O–H groups in total. The molecule has 0 bridgehead atoms. The number of aryl methyl sites for hydroxylation is 1. The van der Waals surface area contributed by atoms with Gasteiger partial charge in [0, 0.05) is 0 Å². The van der Waals surface area contributed by atoms with Crippen LogP contribution in [0.1, 0.15) is 0 Å².